The minimum atomic E-state index is 0.526. The van der Waals surface area contributed by atoms with E-state index in [1.54, 1.807) is 6.07 Å². The Balaban J connectivity index is 2.17. The number of hydrogen-bond donors (Lipinski definition) is 2. The van der Waals surface area contributed by atoms with E-state index in [1.165, 1.54) is 5.57 Å². The van der Waals surface area contributed by atoms with Gasteiger partial charge in [0.1, 0.15) is 5.52 Å². The molecule has 84 valence electrons. The van der Waals surface area contributed by atoms with Crippen molar-refractivity contribution in [2.45, 2.75) is 13.8 Å². The number of nitrogens with two attached hydrogens (primary N) is 1. The van der Waals surface area contributed by atoms with E-state index in [9.17, 15) is 0 Å². The summed E-state index contributed by atoms with van der Waals surface area (Å²) in [7, 11) is 0. The van der Waals surface area contributed by atoms with Crippen molar-refractivity contribution in [3.05, 3.63) is 29.8 Å². The maximum atomic E-state index is 5.66. The lowest BCUT2D eigenvalue weighted by Crippen LogP contribution is -1.98. The summed E-state index contributed by atoms with van der Waals surface area (Å²) >= 11 is 0. The third-order valence-corrected chi connectivity index (χ3v) is 2.18. The summed E-state index contributed by atoms with van der Waals surface area (Å²) in [6.45, 7) is 4.81. The van der Waals surface area contributed by atoms with Crippen molar-refractivity contribution in [3.63, 3.8) is 0 Å². The van der Waals surface area contributed by atoms with Crippen molar-refractivity contribution in [1.29, 1.82) is 0 Å². The molecule has 0 radical (unpaired) electrons. The molecule has 1 aromatic carbocycles. The maximum absolute atomic E-state index is 5.66. The molecule has 0 saturated carbocycles. The molecule has 4 heteroatoms. The first-order valence-corrected chi connectivity index (χ1v) is 5.18. The number of fused-ring (bicyclic) bond motifs is 1. The van der Waals surface area contributed by atoms with Crippen LogP contribution in [0.5, 0.6) is 0 Å². The molecule has 1 aromatic heterocycles. The molecule has 0 aliphatic heterocycles. The van der Waals surface area contributed by atoms with Crippen LogP contribution in [0.1, 0.15) is 13.8 Å². The Morgan fingerprint density at radius 2 is 2.31 bits per heavy atom. The van der Waals surface area contributed by atoms with Crippen LogP contribution in [0.15, 0.2) is 34.3 Å². The lowest BCUT2D eigenvalue weighted by molar-refractivity contribution is 0.618. The highest BCUT2D eigenvalue weighted by Crippen LogP contribution is 2.20. The molecule has 2 aromatic rings. The van der Waals surface area contributed by atoms with E-state index >= 15 is 0 Å². The van der Waals surface area contributed by atoms with Gasteiger partial charge < -0.3 is 15.5 Å². The van der Waals surface area contributed by atoms with Crippen LogP contribution < -0.4 is 11.1 Å². The number of hydrogen-bond acceptors (Lipinski definition) is 4. The monoisotopic (exact) mass is 217 g/mol. The predicted octanol–water partition coefficient (Wildman–Crippen LogP) is 2.79. The summed E-state index contributed by atoms with van der Waals surface area (Å²) in [4.78, 5) is 4.29. The van der Waals surface area contributed by atoms with Crippen LogP contribution in [0.4, 0.5) is 11.7 Å². The quantitative estimate of drug-likeness (QED) is 0.613. The number of anilines is 2. The SMILES string of the molecule is CC(C)=CCNc1nc2ccc(N)cc2o1. The average molecular weight is 217 g/mol. The van der Waals surface area contributed by atoms with Gasteiger partial charge in [0.15, 0.2) is 5.58 Å². The number of aromatic nitrogens is 1. The maximum Gasteiger partial charge on any atom is 0.295 e. The molecule has 1 heterocycles. The molecule has 0 fully saturated rings. The highest BCUT2D eigenvalue weighted by molar-refractivity contribution is 5.78. The van der Waals surface area contributed by atoms with Gasteiger partial charge in [-0.15, -0.1) is 0 Å². The Morgan fingerprint density at radius 3 is 3.06 bits per heavy atom. The summed E-state index contributed by atoms with van der Waals surface area (Å²) in [5.74, 6) is 0. The molecule has 2 rings (SSSR count). The third kappa shape index (κ3) is 2.34. The minimum absolute atomic E-state index is 0.526. The fourth-order valence-corrected chi connectivity index (χ4v) is 1.36. The lowest BCUT2D eigenvalue weighted by Gasteiger charge is -1.95. The molecular formula is C12H15N3O. The molecule has 0 aliphatic rings. The first-order chi connectivity index (χ1) is 7.65. The number of nitrogens with one attached hydrogen (secondary N) is 1. The summed E-state index contributed by atoms with van der Waals surface area (Å²) in [6.07, 6.45) is 2.07. The van der Waals surface area contributed by atoms with Crippen molar-refractivity contribution in [2.75, 3.05) is 17.6 Å². The highest BCUT2D eigenvalue weighted by atomic mass is 16.4. The molecule has 0 saturated heterocycles. The van der Waals surface area contributed by atoms with Crippen LogP contribution in [0, 0.1) is 0 Å². The zero-order valence-electron chi connectivity index (χ0n) is 9.45. The number of nitrogens with zero attached hydrogens (tertiary/aromatic N) is 1. The van der Waals surface area contributed by atoms with E-state index in [0.717, 1.165) is 5.52 Å². The van der Waals surface area contributed by atoms with Crippen molar-refractivity contribution in [2.24, 2.45) is 0 Å². The van der Waals surface area contributed by atoms with Gasteiger partial charge in [-0.1, -0.05) is 11.6 Å². The fourth-order valence-electron chi connectivity index (χ4n) is 1.36. The normalized spacial score (nSPS) is 10.4. The van der Waals surface area contributed by atoms with Crippen LogP contribution in [-0.2, 0) is 0 Å². The number of benzene rings is 1. The number of nitrogen functional groups attached to an aromatic ring is 1. The van der Waals surface area contributed by atoms with E-state index in [4.69, 9.17) is 10.2 Å². The van der Waals surface area contributed by atoms with E-state index in [1.807, 2.05) is 12.1 Å². The zero-order valence-corrected chi connectivity index (χ0v) is 9.45. The first-order valence-electron chi connectivity index (χ1n) is 5.18. The van der Waals surface area contributed by atoms with Gasteiger partial charge in [0.25, 0.3) is 6.01 Å². The molecule has 16 heavy (non-hydrogen) atoms. The predicted molar refractivity (Wildman–Crippen MR) is 66.3 cm³/mol. The van der Waals surface area contributed by atoms with Gasteiger partial charge >= 0.3 is 0 Å². The van der Waals surface area contributed by atoms with Gasteiger partial charge in [-0.25, -0.2) is 0 Å². The number of oxazole rings is 1. The second-order valence-corrected chi connectivity index (χ2v) is 3.91. The van der Waals surface area contributed by atoms with E-state index in [-0.39, 0.29) is 0 Å². The summed E-state index contributed by atoms with van der Waals surface area (Å²) < 4.78 is 5.50. The van der Waals surface area contributed by atoms with Crippen molar-refractivity contribution in [3.8, 4) is 0 Å². The molecule has 4 nitrogen and oxygen atoms in total. The van der Waals surface area contributed by atoms with Crippen molar-refractivity contribution in [1.82, 2.24) is 4.98 Å². The Kier molecular flexibility index (Phi) is 2.81. The van der Waals surface area contributed by atoms with Crippen LogP contribution in [0.3, 0.4) is 0 Å². The third-order valence-electron chi connectivity index (χ3n) is 2.18. The van der Waals surface area contributed by atoms with Gasteiger partial charge in [0.05, 0.1) is 0 Å². The van der Waals surface area contributed by atoms with Gasteiger partial charge in [0.2, 0.25) is 0 Å². The van der Waals surface area contributed by atoms with Crippen LogP contribution in [0.25, 0.3) is 11.1 Å². The molecule has 0 atom stereocenters. The van der Waals surface area contributed by atoms with Crippen molar-refractivity contribution >= 4 is 22.8 Å². The minimum Gasteiger partial charge on any atom is -0.423 e. The Bertz CT molecular complexity index is 524. The van der Waals surface area contributed by atoms with Gasteiger partial charge in [0, 0.05) is 18.3 Å². The number of allylic oxidation sites excluding steroid dienone is 1. The molecule has 0 spiro atoms. The highest BCUT2D eigenvalue weighted by Gasteiger charge is 2.04. The van der Waals surface area contributed by atoms with Crippen LogP contribution >= 0.6 is 0 Å². The standard InChI is InChI=1S/C12H15N3O/c1-8(2)5-6-14-12-15-10-4-3-9(13)7-11(10)16-12/h3-5,7H,6,13H2,1-2H3,(H,14,15). The second-order valence-electron chi connectivity index (χ2n) is 3.91. The average Bonchev–Trinajstić information content (AvgIpc) is 2.58. The topological polar surface area (TPSA) is 64.1 Å². The molecular weight excluding hydrogens is 202 g/mol. The van der Waals surface area contributed by atoms with E-state index < -0.39 is 0 Å². The second kappa shape index (κ2) is 4.26. The molecule has 0 bridgehead atoms. The van der Waals surface area contributed by atoms with E-state index in [2.05, 4.69) is 30.2 Å². The van der Waals surface area contributed by atoms with Crippen LogP contribution in [-0.4, -0.2) is 11.5 Å². The Labute approximate surface area is 94.2 Å². The smallest absolute Gasteiger partial charge is 0.295 e. The summed E-state index contributed by atoms with van der Waals surface area (Å²) in [5, 5.41) is 3.09. The Morgan fingerprint density at radius 1 is 1.50 bits per heavy atom. The summed E-state index contributed by atoms with van der Waals surface area (Å²) in [6, 6.07) is 5.96. The largest absolute Gasteiger partial charge is 0.423 e. The molecule has 3 N–H and O–H groups in total. The summed E-state index contributed by atoms with van der Waals surface area (Å²) in [5.41, 5.74) is 9.11. The zero-order chi connectivity index (χ0) is 11.5. The number of rotatable bonds is 3. The molecule has 0 amide bonds. The lowest BCUT2D eigenvalue weighted by atomic mass is 10.3. The fraction of sp³-hybridized carbons (Fsp3) is 0.250. The molecule has 0 aliphatic carbocycles. The first kappa shape index (κ1) is 10.5. The van der Waals surface area contributed by atoms with Gasteiger partial charge in [-0.2, -0.15) is 4.98 Å². The molecule has 0 unspecified atom stereocenters. The van der Waals surface area contributed by atoms with Crippen LogP contribution in [0.2, 0.25) is 0 Å². The van der Waals surface area contributed by atoms with Gasteiger partial charge in [-0.05, 0) is 26.0 Å². The van der Waals surface area contributed by atoms with Gasteiger partial charge in [-0.3, -0.25) is 0 Å². The van der Waals surface area contributed by atoms with Crippen molar-refractivity contribution < 1.29 is 4.42 Å². The Hall–Kier alpha value is -1.97. The van der Waals surface area contributed by atoms with E-state index in [0.29, 0.717) is 23.8 Å².